The van der Waals surface area contributed by atoms with Crippen LogP contribution in [0.2, 0.25) is 0 Å². The molecule has 3 aromatic rings. The molecule has 0 aliphatic rings. The first-order valence-electron chi connectivity index (χ1n) is 9.20. The van der Waals surface area contributed by atoms with Gasteiger partial charge in [-0.25, -0.2) is 0 Å². The van der Waals surface area contributed by atoms with Crippen LogP contribution >= 0.6 is 0 Å². The number of methoxy groups -OCH3 is 1. The van der Waals surface area contributed by atoms with Crippen molar-refractivity contribution in [2.45, 2.75) is 25.6 Å². The molecule has 0 atom stereocenters. The van der Waals surface area contributed by atoms with E-state index in [4.69, 9.17) is 14.0 Å². The fraction of sp³-hybridized carbons (Fsp3) is 0.300. The summed E-state index contributed by atoms with van der Waals surface area (Å²) in [4.78, 5) is 20.3. The van der Waals surface area contributed by atoms with Gasteiger partial charge >= 0.3 is 6.18 Å². The van der Waals surface area contributed by atoms with E-state index in [1.54, 1.807) is 30.6 Å². The number of nitrogens with one attached hydrogen (secondary N) is 1. The molecule has 1 N–H and O–H groups in total. The molecule has 2 heterocycles. The van der Waals surface area contributed by atoms with Crippen molar-refractivity contribution >= 4 is 5.91 Å². The minimum Gasteiger partial charge on any atom is -0.493 e. The Morgan fingerprint density at radius 1 is 1.23 bits per heavy atom. The molecule has 0 radical (unpaired) electrons. The van der Waals surface area contributed by atoms with Crippen molar-refractivity contribution in [1.29, 1.82) is 0 Å². The normalized spacial score (nSPS) is 11.2. The molecule has 164 valence electrons. The number of pyridine rings is 1. The fourth-order valence-corrected chi connectivity index (χ4v) is 2.61. The van der Waals surface area contributed by atoms with Gasteiger partial charge in [-0.2, -0.15) is 18.2 Å². The molecule has 0 bridgehead atoms. The van der Waals surface area contributed by atoms with Crippen molar-refractivity contribution in [1.82, 2.24) is 20.4 Å². The number of hydrogen-bond acceptors (Lipinski definition) is 7. The van der Waals surface area contributed by atoms with E-state index in [-0.39, 0.29) is 36.3 Å². The first-order chi connectivity index (χ1) is 14.8. The van der Waals surface area contributed by atoms with Crippen molar-refractivity contribution in [3.8, 4) is 22.9 Å². The van der Waals surface area contributed by atoms with E-state index in [2.05, 4.69) is 20.4 Å². The van der Waals surface area contributed by atoms with Crippen LogP contribution in [0.4, 0.5) is 13.2 Å². The highest BCUT2D eigenvalue weighted by Crippen LogP contribution is 2.30. The number of nitrogens with zero attached hydrogens (tertiary/aromatic N) is 3. The molecule has 0 aliphatic carbocycles. The van der Waals surface area contributed by atoms with Gasteiger partial charge in [0.1, 0.15) is 0 Å². The average molecular weight is 436 g/mol. The highest BCUT2D eigenvalue weighted by atomic mass is 19.4. The summed E-state index contributed by atoms with van der Waals surface area (Å²) in [7, 11) is 1.33. The van der Waals surface area contributed by atoms with Gasteiger partial charge in [0.15, 0.2) is 18.1 Å². The molecule has 0 saturated carbocycles. The van der Waals surface area contributed by atoms with Crippen molar-refractivity contribution in [3.63, 3.8) is 0 Å². The van der Waals surface area contributed by atoms with Crippen molar-refractivity contribution in [3.05, 3.63) is 54.2 Å². The second-order valence-electron chi connectivity index (χ2n) is 6.42. The number of carbonyl (C=O) groups is 1. The number of amides is 1. The zero-order valence-corrected chi connectivity index (χ0v) is 16.5. The summed E-state index contributed by atoms with van der Waals surface area (Å²) in [6.07, 6.45) is -0.717. The Morgan fingerprint density at radius 3 is 2.77 bits per heavy atom. The van der Waals surface area contributed by atoms with E-state index in [0.717, 1.165) is 0 Å². The molecule has 1 amide bonds. The Bertz CT molecular complexity index is 1010. The Morgan fingerprint density at radius 2 is 2.06 bits per heavy atom. The van der Waals surface area contributed by atoms with Crippen LogP contribution in [0.3, 0.4) is 0 Å². The van der Waals surface area contributed by atoms with Crippen molar-refractivity contribution in [2.24, 2.45) is 0 Å². The van der Waals surface area contributed by atoms with Gasteiger partial charge in [-0.1, -0.05) is 11.2 Å². The number of aromatic nitrogens is 3. The van der Waals surface area contributed by atoms with Crippen molar-refractivity contribution < 1.29 is 32.0 Å². The second-order valence-corrected chi connectivity index (χ2v) is 6.42. The van der Waals surface area contributed by atoms with E-state index < -0.39 is 12.8 Å². The van der Waals surface area contributed by atoms with E-state index in [1.807, 2.05) is 0 Å². The summed E-state index contributed by atoms with van der Waals surface area (Å²) >= 11 is 0. The fourth-order valence-electron chi connectivity index (χ4n) is 2.61. The number of carbonyl (C=O) groups excluding carboxylic acids is 1. The smallest absolute Gasteiger partial charge is 0.422 e. The minimum absolute atomic E-state index is 0.0196. The van der Waals surface area contributed by atoms with Gasteiger partial charge in [0.2, 0.25) is 17.6 Å². The Labute approximate surface area is 175 Å². The SMILES string of the molecule is COc1cc(CCC(=O)NCc2nc(-c3cccnc3)no2)ccc1OCC(F)(F)F. The minimum atomic E-state index is -4.45. The maximum Gasteiger partial charge on any atom is 0.422 e. The van der Waals surface area contributed by atoms with Crippen LogP contribution < -0.4 is 14.8 Å². The monoisotopic (exact) mass is 436 g/mol. The van der Waals surface area contributed by atoms with Crippen LogP contribution in [0.5, 0.6) is 11.5 Å². The lowest BCUT2D eigenvalue weighted by Gasteiger charge is -2.13. The molecular formula is C20H19F3N4O4. The first kappa shape index (κ1) is 22.1. The topological polar surface area (TPSA) is 99.4 Å². The summed E-state index contributed by atoms with van der Waals surface area (Å²) in [6.45, 7) is -1.34. The molecule has 2 aromatic heterocycles. The highest BCUT2D eigenvalue weighted by Gasteiger charge is 2.29. The van der Waals surface area contributed by atoms with Gasteiger partial charge in [0, 0.05) is 24.4 Å². The van der Waals surface area contributed by atoms with E-state index in [1.165, 1.54) is 19.2 Å². The van der Waals surface area contributed by atoms with Gasteiger partial charge in [0.25, 0.3) is 0 Å². The molecule has 1 aromatic carbocycles. The van der Waals surface area contributed by atoms with Gasteiger partial charge in [-0.3, -0.25) is 9.78 Å². The van der Waals surface area contributed by atoms with Crippen LogP contribution in [-0.2, 0) is 17.8 Å². The molecule has 3 rings (SSSR count). The number of alkyl halides is 3. The van der Waals surface area contributed by atoms with Crippen LogP contribution in [0.25, 0.3) is 11.4 Å². The highest BCUT2D eigenvalue weighted by molar-refractivity contribution is 5.76. The molecule has 31 heavy (non-hydrogen) atoms. The molecule has 0 aliphatic heterocycles. The lowest BCUT2D eigenvalue weighted by Crippen LogP contribution is -2.23. The third-order valence-corrected chi connectivity index (χ3v) is 4.08. The summed E-state index contributed by atoms with van der Waals surface area (Å²) in [6, 6.07) is 8.04. The predicted molar refractivity (Wildman–Crippen MR) is 102 cm³/mol. The van der Waals surface area contributed by atoms with Gasteiger partial charge in [-0.15, -0.1) is 0 Å². The molecule has 0 unspecified atom stereocenters. The third kappa shape index (κ3) is 6.69. The zero-order chi connectivity index (χ0) is 22.3. The summed E-state index contributed by atoms with van der Waals surface area (Å²) in [5.74, 6) is 0.514. The standard InChI is InChI=1S/C20H19F3N4O4/c1-29-16-9-13(4-6-15(16)30-12-20(21,22)23)5-7-17(28)25-11-18-26-19(27-31-18)14-3-2-8-24-10-14/h2-4,6,8-10H,5,7,11-12H2,1H3,(H,25,28). The van der Waals surface area contributed by atoms with E-state index >= 15 is 0 Å². The quantitative estimate of drug-likeness (QED) is 0.549. The number of aryl methyl sites for hydroxylation is 1. The van der Waals surface area contributed by atoms with Gasteiger partial charge in [0.05, 0.1) is 13.7 Å². The average Bonchev–Trinajstić information content (AvgIpc) is 3.24. The Kier molecular flexibility index (Phi) is 7.06. The maximum absolute atomic E-state index is 12.3. The Hall–Kier alpha value is -3.63. The first-order valence-corrected chi connectivity index (χ1v) is 9.20. The van der Waals surface area contributed by atoms with E-state index in [9.17, 15) is 18.0 Å². The molecule has 0 saturated heterocycles. The third-order valence-electron chi connectivity index (χ3n) is 4.08. The summed E-state index contributed by atoms with van der Waals surface area (Å²) in [5, 5.41) is 6.52. The number of halogens is 3. The molecule has 0 fully saturated rings. The van der Waals surface area contributed by atoms with Crippen LogP contribution in [0.1, 0.15) is 17.9 Å². The number of rotatable bonds is 9. The largest absolute Gasteiger partial charge is 0.493 e. The number of benzene rings is 1. The molecular weight excluding hydrogens is 417 g/mol. The van der Waals surface area contributed by atoms with Crippen LogP contribution in [0.15, 0.2) is 47.2 Å². The number of ether oxygens (including phenoxy) is 2. The second kappa shape index (κ2) is 9.92. The van der Waals surface area contributed by atoms with Crippen LogP contribution in [0, 0.1) is 0 Å². The molecule has 8 nitrogen and oxygen atoms in total. The molecule has 0 spiro atoms. The summed E-state index contributed by atoms with van der Waals surface area (Å²) < 4.78 is 51.9. The lowest BCUT2D eigenvalue weighted by molar-refractivity contribution is -0.153. The molecule has 11 heteroatoms. The number of hydrogen-bond donors (Lipinski definition) is 1. The lowest BCUT2D eigenvalue weighted by atomic mass is 10.1. The zero-order valence-electron chi connectivity index (χ0n) is 16.5. The van der Waals surface area contributed by atoms with E-state index in [0.29, 0.717) is 23.4 Å². The van der Waals surface area contributed by atoms with Crippen molar-refractivity contribution in [2.75, 3.05) is 13.7 Å². The Balaban J connectivity index is 1.49. The summed E-state index contributed by atoms with van der Waals surface area (Å²) in [5.41, 5.74) is 1.41. The predicted octanol–water partition coefficient (Wildman–Crippen LogP) is 3.33. The van der Waals surface area contributed by atoms with Gasteiger partial charge < -0.3 is 19.3 Å². The van der Waals surface area contributed by atoms with Gasteiger partial charge in [-0.05, 0) is 36.2 Å². The maximum atomic E-state index is 12.3. The van der Waals surface area contributed by atoms with Crippen LogP contribution in [-0.4, -0.2) is 40.9 Å².